The van der Waals surface area contributed by atoms with Gasteiger partial charge in [0.05, 0.1) is 0 Å². The molecule has 0 spiro atoms. The van der Waals surface area contributed by atoms with Crippen molar-refractivity contribution in [3.8, 4) is 5.75 Å². The third-order valence-corrected chi connectivity index (χ3v) is 3.81. The largest absolute Gasteiger partial charge is 0.481 e. The summed E-state index contributed by atoms with van der Waals surface area (Å²) in [6, 6.07) is 13.1. The van der Waals surface area contributed by atoms with Gasteiger partial charge < -0.3 is 10.1 Å². The number of carbonyl (C=O) groups is 1. The van der Waals surface area contributed by atoms with Crippen LogP contribution >= 0.6 is 11.6 Å². The Kier molecular flexibility index (Phi) is 5.45. The smallest absolute Gasteiger partial charge is 0.265 e. The lowest BCUT2D eigenvalue weighted by Crippen LogP contribution is -2.32. The van der Waals surface area contributed by atoms with Crippen molar-refractivity contribution in [3.05, 3.63) is 58.6 Å². The lowest BCUT2D eigenvalue weighted by molar-refractivity contribution is -0.122. The Balaban J connectivity index is 2.05. The Morgan fingerprint density at radius 3 is 2.45 bits per heavy atom. The highest BCUT2D eigenvalue weighted by Gasteiger charge is 2.18. The summed E-state index contributed by atoms with van der Waals surface area (Å²) in [6.45, 7) is 5.83. The Morgan fingerprint density at radius 1 is 1.18 bits per heavy atom. The molecule has 3 nitrogen and oxygen atoms in total. The van der Waals surface area contributed by atoms with Crippen LogP contribution in [0.5, 0.6) is 5.75 Å². The van der Waals surface area contributed by atoms with Crippen molar-refractivity contribution in [1.29, 1.82) is 0 Å². The predicted molar refractivity (Wildman–Crippen MR) is 90.7 cm³/mol. The molecule has 0 saturated heterocycles. The SMILES string of the molecule is CCC(Oc1ccc(Cl)c(C)c1)C(=O)Nc1ccc(C)cc1. The zero-order valence-electron chi connectivity index (χ0n) is 13.0. The van der Waals surface area contributed by atoms with Crippen LogP contribution in [0, 0.1) is 13.8 Å². The average Bonchev–Trinajstić information content (AvgIpc) is 2.50. The van der Waals surface area contributed by atoms with Gasteiger partial charge in [-0.05, 0) is 56.2 Å². The van der Waals surface area contributed by atoms with Crippen LogP contribution in [0.25, 0.3) is 0 Å². The number of aryl methyl sites for hydroxylation is 2. The van der Waals surface area contributed by atoms with Gasteiger partial charge in [-0.25, -0.2) is 0 Å². The van der Waals surface area contributed by atoms with E-state index in [9.17, 15) is 4.79 Å². The summed E-state index contributed by atoms with van der Waals surface area (Å²) in [5.41, 5.74) is 2.84. The highest BCUT2D eigenvalue weighted by atomic mass is 35.5. The molecule has 0 aliphatic heterocycles. The quantitative estimate of drug-likeness (QED) is 0.864. The molecule has 2 aromatic carbocycles. The first-order chi connectivity index (χ1) is 10.5. The van der Waals surface area contributed by atoms with Crippen LogP contribution in [0.1, 0.15) is 24.5 Å². The molecule has 0 fully saturated rings. The fraction of sp³-hybridized carbons (Fsp3) is 0.278. The molecule has 1 amide bonds. The highest BCUT2D eigenvalue weighted by molar-refractivity contribution is 6.31. The minimum atomic E-state index is -0.540. The normalized spacial score (nSPS) is 11.8. The molecule has 0 bridgehead atoms. The fourth-order valence-corrected chi connectivity index (χ4v) is 2.15. The van der Waals surface area contributed by atoms with Crippen LogP contribution in [0.3, 0.4) is 0 Å². The van der Waals surface area contributed by atoms with E-state index in [2.05, 4.69) is 5.32 Å². The van der Waals surface area contributed by atoms with E-state index in [1.807, 2.05) is 51.1 Å². The number of halogens is 1. The first kappa shape index (κ1) is 16.4. The minimum Gasteiger partial charge on any atom is -0.481 e. The Labute approximate surface area is 136 Å². The lowest BCUT2D eigenvalue weighted by atomic mass is 10.2. The van der Waals surface area contributed by atoms with Crippen LogP contribution in [0.15, 0.2) is 42.5 Å². The van der Waals surface area contributed by atoms with Crippen LogP contribution < -0.4 is 10.1 Å². The molecule has 1 unspecified atom stereocenters. The van der Waals surface area contributed by atoms with E-state index >= 15 is 0 Å². The third kappa shape index (κ3) is 4.25. The minimum absolute atomic E-state index is 0.154. The number of rotatable bonds is 5. The van der Waals surface area contributed by atoms with E-state index in [0.717, 1.165) is 16.8 Å². The molecule has 0 aromatic heterocycles. The number of amides is 1. The van der Waals surface area contributed by atoms with Crippen LogP contribution in [0.2, 0.25) is 5.02 Å². The van der Waals surface area contributed by atoms with Crippen molar-refractivity contribution in [2.45, 2.75) is 33.3 Å². The molecule has 116 valence electrons. The van der Waals surface area contributed by atoms with Gasteiger partial charge in [0, 0.05) is 10.7 Å². The Morgan fingerprint density at radius 2 is 1.86 bits per heavy atom. The van der Waals surface area contributed by atoms with Crippen molar-refractivity contribution >= 4 is 23.2 Å². The Hall–Kier alpha value is -2.00. The van der Waals surface area contributed by atoms with Gasteiger partial charge in [0.25, 0.3) is 5.91 Å². The molecule has 0 saturated carbocycles. The average molecular weight is 318 g/mol. The van der Waals surface area contributed by atoms with Gasteiger partial charge in [-0.3, -0.25) is 4.79 Å². The van der Waals surface area contributed by atoms with Gasteiger partial charge >= 0.3 is 0 Å². The third-order valence-electron chi connectivity index (χ3n) is 3.39. The van der Waals surface area contributed by atoms with Gasteiger partial charge in [0.1, 0.15) is 5.75 Å². The van der Waals surface area contributed by atoms with Crippen LogP contribution in [0.4, 0.5) is 5.69 Å². The predicted octanol–water partition coefficient (Wildman–Crippen LogP) is 4.75. The van der Waals surface area contributed by atoms with Gasteiger partial charge in [-0.15, -0.1) is 0 Å². The second-order valence-corrected chi connectivity index (χ2v) is 5.69. The zero-order chi connectivity index (χ0) is 16.1. The molecule has 2 rings (SSSR count). The molecule has 0 heterocycles. The van der Waals surface area contributed by atoms with Crippen molar-refractivity contribution in [2.24, 2.45) is 0 Å². The molecule has 1 N–H and O–H groups in total. The number of nitrogens with one attached hydrogen (secondary N) is 1. The van der Waals surface area contributed by atoms with Crippen molar-refractivity contribution in [1.82, 2.24) is 0 Å². The number of carbonyl (C=O) groups excluding carboxylic acids is 1. The summed E-state index contributed by atoms with van der Waals surface area (Å²) in [5.74, 6) is 0.492. The molecule has 0 aliphatic rings. The molecule has 2 aromatic rings. The second-order valence-electron chi connectivity index (χ2n) is 5.28. The summed E-state index contributed by atoms with van der Waals surface area (Å²) in [6.07, 6.45) is 0.0428. The monoisotopic (exact) mass is 317 g/mol. The van der Waals surface area contributed by atoms with Crippen molar-refractivity contribution in [2.75, 3.05) is 5.32 Å². The first-order valence-electron chi connectivity index (χ1n) is 7.30. The number of hydrogen-bond donors (Lipinski definition) is 1. The summed E-state index contributed by atoms with van der Waals surface area (Å²) >= 11 is 6.00. The van der Waals surface area contributed by atoms with Crippen molar-refractivity contribution in [3.63, 3.8) is 0 Å². The summed E-state index contributed by atoms with van der Waals surface area (Å²) < 4.78 is 5.79. The van der Waals surface area contributed by atoms with E-state index < -0.39 is 6.10 Å². The Bertz CT molecular complexity index is 653. The first-order valence-corrected chi connectivity index (χ1v) is 7.67. The van der Waals surface area contributed by atoms with Crippen molar-refractivity contribution < 1.29 is 9.53 Å². The maximum atomic E-state index is 12.3. The van der Waals surface area contributed by atoms with Crippen LogP contribution in [-0.2, 0) is 4.79 Å². The van der Waals surface area contributed by atoms with E-state index in [1.165, 1.54) is 0 Å². The number of anilines is 1. The zero-order valence-corrected chi connectivity index (χ0v) is 13.8. The van der Waals surface area contributed by atoms with E-state index in [4.69, 9.17) is 16.3 Å². The second kappa shape index (κ2) is 7.32. The number of benzene rings is 2. The number of ether oxygens (including phenoxy) is 1. The maximum absolute atomic E-state index is 12.3. The molecular weight excluding hydrogens is 298 g/mol. The topological polar surface area (TPSA) is 38.3 Å². The molecular formula is C18H20ClNO2. The lowest BCUT2D eigenvalue weighted by Gasteiger charge is -2.18. The van der Waals surface area contributed by atoms with Gasteiger partial charge in [-0.1, -0.05) is 36.2 Å². The molecule has 1 atom stereocenters. The van der Waals surface area contributed by atoms with Gasteiger partial charge in [0.15, 0.2) is 6.10 Å². The molecule has 0 aliphatic carbocycles. The van der Waals surface area contributed by atoms with E-state index in [-0.39, 0.29) is 5.91 Å². The summed E-state index contributed by atoms with van der Waals surface area (Å²) in [7, 11) is 0. The fourth-order valence-electron chi connectivity index (χ4n) is 2.04. The molecule has 22 heavy (non-hydrogen) atoms. The number of hydrogen-bond acceptors (Lipinski definition) is 2. The highest BCUT2D eigenvalue weighted by Crippen LogP contribution is 2.22. The molecule has 4 heteroatoms. The van der Waals surface area contributed by atoms with Crippen LogP contribution in [-0.4, -0.2) is 12.0 Å². The van der Waals surface area contributed by atoms with Gasteiger partial charge in [0.2, 0.25) is 0 Å². The molecule has 0 radical (unpaired) electrons. The maximum Gasteiger partial charge on any atom is 0.265 e. The summed E-state index contributed by atoms with van der Waals surface area (Å²) in [5, 5.41) is 3.56. The van der Waals surface area contributed by atoms with Gasteiger partial charge in [-0.2, -0.15) is 0 Å². The van der Waals surface area contributed by atoms with E-state index in [1.54, 1.807) is 12.1 Å². The summed E-state index contributed by atoms with van der Waals surface area (Å²) in [4.78, 5) is 12.3. The standard InChI is InChI=1S/C18H20ClNO2/c1-4-17(22-15-9-10-16(19)13(3)11-15)18(21)20-14-7-5-12(2)6-8-14/h5-11,17H,4H2,1-3H3,(H,20,21). The van der Waals surface area contributed by atoms with E-state index in [0.29, 0.717) is 17.2 Å².